The first-order valence-electron chi connectivity index (χ1n) is 10.6. The van der Waals surface area contributed by atoms with Gasteiger partial charge >= 0.3 is 0 Å². The van der Waals surface area contributed by atoms with Crippen LogP contribution in [0.1, 0.15) is 41.9 Å². The molecule has 166 valence electrons. The van der Waals surface area contributed by atoms with E-state index < -0.39 is 0 Å². The molecule has 2 heterocycles. The van der Waals surface area contributed by atoms with Crippen LogP contribution in [-0.4, -0.2) is 68.0 Å². The minimum atomic E-state index is -0.272. The summed E-state index contributed by atoms with van der Waals surface area (Å²) in [5, 5.41) is 10.2. The fourth-order valence-corrected chi connectivity index (χ4v) is 4.33. The average molecular weight is 427 g/mol. The second-order valence-corrected chi connectivity index (χ2v) is 8.23. The van der Waals surface area contributed by atoms with Crippen LogP contribution in [0.25, 0.3) is 0 Å². The Kier molecular flexibility index (Phi) is 6.27. The Morgan fingerprint density at radius 1 is 1.16 bits per heavy atom. The van der Waals surface area contributed by atoms with Crippen molar-refractivity contribution in [1.82, 2.24) is 9.97 Å². The van der Waals surface area contributed by atoms with Gasteiger partial charge in [-0.1, -0.05) is 6.07 Å². The maximum Gasteiger partial charge on any atom is 0.228 e. The lowest BCUT2D eigenvalue weighted by atomic mass is 9.75. The fourth-order valence-electron chi connectivity index (χ4n) is 4.33. The van der Waals surface area contributed by atoms with Gasteiger partial charge in [0.05, 0.1) is 33.0 Å². The zero-order valence-corrected chi connectivity index (χ0v) is 18.5. The number of fused-ring (bicyclic) bond motifs is 3. The van der Waals surface area contributed by atoms with Crippen LogP contribution in [0.4, 0.5) is 5.95 Å². The molecule has 8 heteroatoms. The monoisotopic (exact) mass is 426 g/mol. The molecule has 2 aromatic rings. The lowest BCUT2D eigenvalue weighted by Crippen LogP contribution is -2.34. The molecule has 1 N–H and O–H groups in total. The second kappa shape index (κ2) is 9.09. The van der Waals surface area contributed by atoms with Crippen molar-refractivity contribution in [2.75, 3.05) is 39.8 Å². The SMILES string of the molecule is COc1ccc2c(c1)C(OCCc1cnc(N(C)C)nc1OC)=N[C@@H]1CC[C@@H](O)C[C@H]21. The zero-order chi connectivity index (χ0) is 22.0. The van der Waals surface area contributed by atoms with Crippen molar-refractivity contribution in [3.8, 4) is 11.6 Å². The van der Waals surface area contributed by atoms with E-state index in [-0.39, 0.29) is 18.1 Å². The summed E-state index contributed by atoms with van der Waals surface area (Å²) >= 11 is 0. The van der Waals surface area contributed by atoms with Gasteiger partial charge in [0.25, 0.3) is 0 Å². The minimum absolute atomic E-state index is 0.136. The highest BCUT2D eigenvalue weighted by Crippen LogP contribution is 2.41. The molecule has 0 unspecified atom stereocenters. The molecule has 2 aliphatic rings. The summed E-state index contributed by atoms with van der Waals surface area (Å²) in [6.45, 7) is 0.427. The number of aromatic nitrogens is 2. The van der Waals surface area contributed by atoms with Gasteiger partial charge in [-0.3, -0.25) is 0 Å². The molecule has 1 saturated carbocycles. The quantitative estimate of drug-likeness (QED) is 0.759. The van der Waals surface area contributed by atoms with Gasteiger partial charge in [-0.25, -0.2) is 9.98 Å². The number of nitrogens with zero attached hydrogens (tertiary/aromatic N) is 4. The smallest absolute Gasteiger partial charge is 0.228 e. The zero-order valence-electron chi connectivity index (χ0n) is 18.5. The van der Waals surface area contributed by atoms with Crippen LogP contribution in [0.3, 0.4) is 0 Å². The number of anilines is 1. The van der Waals surface area contributed by atoms with Crippen molar-refractivity contribution in [3.63, 3.8) is 0 Å². The number of rotatable bonds is 6. The first-order chi connectivity index (χ1) is 15.0. The van der Waals surface area contributed by atoms with Crippen LogP contribution in [0.5, 0.6) is 11.6 Å². The number of benzene rings is 1. The molecule has 0 saturated heterocycles. The summed E-state index contributed by atoms with van der Waals surface area (Å²) in [5.74, 6) is 2.76. The topological polar surface area (TPSA) is 89.3 Å². The Balaban J connectivity index is 1.53. The number of methoxy groups -OCH3 is 2. The van der Waals surface area contributed by atoms with Gasteiger partial charge in [-0.15, -0.1) is 0 Å². The highest BCUT2D eigenvalue weighted by Gasteiger charge is 2.36. The third-order valence-electron chi connectivity index (χ3n) is 5.98. The van der Waals surface area contributed by atoms with Crippen LogP contribution in [0.15, 0.2) is 29.4 Å². The molecule has 1 aliphatic carbocycles. The Morgan fingerprint density at radius 2 is 2.00 bits per heavy atom. The largest absolute Gasteiger partial charge is 0.497 e. The normalized spacial score (nSPS) is 22.1. The van der Waals surface area contributed by atoms with Gasteiger partial charge in [0.15, 0.2) is 0 Å². The van der Waals surface area contributed by atoms with Crippen molar-refractivity contribution in [2.24, 2.45) is 4.99 Å². The number of aliphatic hydroxyl groups excluding tert-OH is 1. The van der Waals surface area contributed by atoms with Crippen molar-refractivity contribution in [3.05, 3.63) is 41.1 Å². The standard InChI is InChI=1S/C23H30N4O4/c1-27(2)23-24-13-14(21(26-23)30-4)9-10-31-22-19-12-16(29-3)6-7-17(19)18-11-15(28)5-8-20(18)25-22/h6-7,12-13,15,18,20,28H,5,8-11H2,1-4H3/t15-,18-,20-/m1/s1. The Morgan fingerprint density at radius 3 is 2.74 bits per heavy atom. The summed E-state index contributed by atoms with van der Waals surface area (Å²) in [4.78, 5) is 15.6. The van der Waals surface area contributed by atoms with Gasteiger partial charge < -0.3 is 24.2 Å². The van der Waals surface area contributed by atoms with Crippen LogP contribution in [0.2, 0.25) is 0 Å². The van der Waals surface area contributed by atoms with Crippen LogP contribution in [-0.2, 0) is 11.2 Å². The first-order valence-corrected chi connectivity index (χ1v) is 10.6. The number of aliphatic imine (C=N–C) groups is 1. The molecule has 8 nitrogen and oxygen atoms in total. The summed E-state index contributed by atoms with van der Waals surface area (Å²) in [6, 6.07) is 6.16. The third-order valence-corrected chi connectivity index (χ3v) is 5.98. The molecule has 0 amide bonds. The fraction of sp³-hybridized carbons (Fsp3) is 0.522. The number of hydrogen-bond acceptors (Lipinski definition) is 8. The van der Waals surface area contributed by atoms with E-state index in [0.717, 1.165) is 36.1 Å². The highest BCUT2D eigenvalue weighted by atomic mass is 16.5. The maximum absolute atomic E-state index is 10.2. The van der Waals surface area contributed by atoms with Gasteiger partial charge in [0, 0.05) is 43.8 Å². The van der Waals surface area contributed by atoms with E-state index in [1.807, 2.05) is 31.1 Å². The van der Waals surface area contributed by atoms with Gasteiger partial charge in [0.1, 0.15) is 5.75 Å². The molecule has 1 fully saturated rings. The van der Waals surface area contributed by atoms with Crippen molar-refractivity contribution in [1.29, 1.82) is 0 Å². The van der Waals surface area contributed by atoms with E-state index in [2.05, 4.69) is 16.0 Å². The summed E-state index contributed by atoms with van der Waals surface area (Å²) in [5.41, 5.74) is 3.00. The number of hydrogen-bond donors (Lipinski definition) is 1. The predicted molar refractivity (Wildman–Crippen MR) is 118 cm³/mol. The molecule has 1 aromatic heterocycles. The minimum Gasteiger partial charge on any atom is -0.497 e. The van der Waals surface area contributed by atoms with E-state index in [0.29, 0.717) is 30.8 Å². The molecule has 1 aliphatic heterocycles. The van der Waals surface area contributed by atoms with Crippen molar-refractivity contribution in [2.45, 2.75) is 43.7 Å². The molecular formula is C23H30N4O4. The first kappa shape index (κ1) is 21.4. The highest BCUT2D eigenvalue weighted by molar-refractivity contribution is 5.97. The summed E-state index contributed by atoms with van der Waals surface area (Å²) in [6.07, 6.45) is 4.47. The van der Waals surface area contributed by atoms with Gasteiger partial charge in [-0.2, -0.15) is 4.98 Å². The number of ether oxygens (including phenoxy) is 3. The Bertz CT molecular complexity index is 963. The van der Waals surface area contributed by atoms with Crippen LogP contribution < -0.4 is 14.4 Å². The van der Waals surface area contributed by atoms with Crippen LogP contribution >= 0.6 is 0 Å². The molecule has 31 heavy (non-hydrogen) atoms. The second-order valence-electron chi connectivity index (χ2n) is 8.23. The van der Waals surface area contributed by atoms with E-state index in [4.69, 9.17) is 19.2 Å². The van der Waals surface area contributed by atoms with E-state index in [1.54, 1.807) is 20.4 Å². The summed E-state index contributed by atoms with van der Waals surface area (Å²) < 4.78 is 17.0. The van der Waals surface area contributed by atoms with Crippen LogP contribution in [0, 0.1) is 0 Å². The molecule has 0 spiro atoms. The molecular weight excluding hydrogens is 396 g/mol. The summed E-state index contributed by atoms with van der Waals surface area (Å²) in [7, 11) is 7.04. The molecule has 4 rings (SSSR count). The van der Waals surface area contributed by atoms with Gasteiger partial charge in [-0.05, 0) is 37.0 Å². The van der Waals surface area contributed by atoms with E-state index in [9.17, 15) is 5.11 Å². The van der Waals surface area contributed by atoms with E-state index in [1.165, 1.54) is 5.56 Å². The molecule has 0 bridgehead atoms. The van der Waals surface area contributed by atoms with Crippen molar-refractivity contribution < 1.29 is 19.3 Å². The predicted octanol–water partition coefficient (Wildman–Crippen LogP) is 2.58. The molecule has 3 atom stereocenters. The average Bonchev–Trinajstić information content (AvgIpc) is 2.79. The third kappa shape index (κ3) is 4.44. The number of aliphatic hydroxyl groups is 1. The molecule has 1 aromatic carbocycles. The Labute approximate surface area is 182 Å². The van der Waals surface area contributed by atoms with E-state index >= 15 is 0 Å². The lowest BCUT2D eigenvalue weighted by molar-refractivity contribution is 0.109. The molecule has 0 radical (unpaired) electrons. The maximum atomic E-state index is 10.2. The lowest BCUT2D eigenvalue weighted by Gasteiger charge is -2.36. The van der Waals surface area contributed by atoms with Crippen molar-refractivity contribution >= 4 is 11.8 Å². The Hall–Kier alpha value is -2.87. The van der Waals surface area contributed by atoms with Gasteiger partial charge in [0.2, 0.25) is 17.7 Å².